The zero-order chi connectivity index (χ0) is 21.5. The minimum Gasteiger partial charge on any atom is -0.440 e. The van der Waals surface area contributed by atoms with Gasteiger partial charge in [-0.3, -0.25) is 4.68 Å². The van der Waals surface area contributed by atoms with E-state index in [-0.39, 0.29) is 19.0 Å². The number of piperidine rings is 1. The summed E-state index contributed by atoms with van der Waals surface area (Å²) in [6, 6.07) is 5.82. The number of carbonyl (C=O) groups is 1. The molecule has 8 nitrogen and oxygen atoms in total. The first-order chi connectivity index (χ1) is 14.2. The van der Waals surface area contributed by atoms with E-state index in [9.17, 15) is 18.0 Å². The lowest BCUT2D eigenvalue weighted by Crippen LogP contribution is -2.39. The third kappa shape index (κ3) is 4.10. The Balaban J connectivity index is 1.41. The number of carbonyl (C=O) groups excluding carboxylic acids is 1. The summed E-state index contributed by atoms with van der Waals surface area (Å²) >= 11 is 0. The Hall–Kier alpha value is -3.11. The van der Waals surface area contributed by atoms with Crippen molar-refractivity contribution in [3.8, 4) is 11.4 Å². The van der Waals surface area contributed by atoms with E-state index in [1.54, 1.807) is 4.68 Å². The molecule has 0 N–H and O–H groups in total. The molecular weight excluding hydrogens is 403 g/mol. The molecule has 4 rings (SSSR count). The molecule has 0 spiro atoms. The van der Waals surface area contributed by atoms with Crippen molar-refractivity contribution in [1.29, 1.82) is 0 Å². The van der Waals surface area contributed by atoms with E-state index in [4.69, 9.17) is 4.52 Å². The molecule has 0 radical (unpaired) electrons. The van der Waals surface area contributed by atoms with Crippen LogP contribution in [-0.2, 0) is 11.8 Å². The summed E-state index contributed by atoms with van der Waals surface area (Å²) < 4.78 is 48.1. The second kappa shape index (κ2) is 7.62. The number of aryl methyl sites for hydroxylation is 2. The molecule has 11 heteroatoms. The highest BCUT2D eigenvalue weighted by atomic mass is 19.4. The van der Waals surface area contributed by atoms with Crippen LogP contribution in [-0.4, -0.2) is 56.8 Å². The van der Waals surface area contributed by atoms with Crippen molar-refractivity contribution in [1.82, 2.24) is 24.8 Å². The largest absolute Gasteiger partial charge is 0.440 e. The van der Waals surface area contributed by atoms with Gasteiger partial charge in [0.15, 0.2) is 6.61 Å². The average Bonchev–Trinajstić information content (AvgIpc) is 3.31. The maximum atomic E-state index is 12.2. The van der Waals surface area contributed by atoms with E-state index in [0.29, 0.717) is 24.6 Å². The third-order valence-electron chi connectivity index (χ3n) is 5.20. The molecule has 1 saturated heterocycles. The minimum atomic E-state index is -4.54. The number of alkyl halides is 3. The van der Waals surface area contributed by atoms with Gasteiger partial charge in [0.1, 0.15) is 0 Å². The number of halogens is 3. The van der Waals surface area contributed by atoms with Crippen LogP contribution < -0.4 is 0 Å². The summed E-state index contributed by atoms with van der Waals surface area (Å²) in [7, 11) is 1.87. The van der Waals surface area contributed by atoms with Gasteiger partial charge >= 0.3 is 12.3 Å². The zero-order valence-electron chi connectivity index (χ0n) is 16.4. The Labute approximate surface area is 169 Å². The van der Waals surface area contributed by atoms with Gasteiger partial charge in [0.25, 0.3) is 0 Å². The summed E-state index contributed by atoms with van der Waals surface area (Å²) in [5, 5.41) is 9.52. The minimum absolute atomic E-state index is 0.0689. The first kappa shape index (κ1) is 20.2. The molecule has 0 saturated carbocycles. The van der Waals surface area contributed by atoms with Crippen LogP contribution in [0.1, 0.15) is 30.3 Å². The van der Waals surface area contributed by atoms with Gasteiger partial charge in [-0.05, 0) is 25.8 Å². The topological polar surface area (TPSA) is 86.3 Å². The van der Waals surface area contributed by atoms with Gasteiger partial charge in [0.2, 0.25) is 11.7 Å². The summed E-state index contributed by atoms with van der Waals surface area (Å²) in [4.78, 5) is 17.5. The molecular formula is C19H20F3N5O3. The van der Waals surface area contributed by atoms with E-state index in [0.717, 1.165) is 22.2 Å². The Morgan fingerprint density at radius 1 is 1.30 bits per heavy atom. The van der Waals surface area contributed by atoms with Crippen molar-refractivity contribution < 1.29 is 27.2 Å². The SMILES string of the molecule is Cc1nn(C)c2cc(-c3noc(C4CCN(C(=O)OCC(F)(F)F)CC4)n3)ccc12. The summed E-state index contributed by atoms with van der Waals surface area (Å²) in [5.41, 5.74) is 2.70. The van der Waals surface area contributed by atoms with Crippen molar-refractivity contribution in [3.63, 3.8) is 0 Å². The number of benzene rings is 1. The highest BCUT2D eigenvalue weighted by Crippen LogP contribution is 2.30. The molecule has 2 aromatic heterocycles. The lowest BCUT2D eigenvalue weighted by molar-refractivity contribution is -0.162. The summed E-state index contributed by atoms with van der Waals surface area (Å²) in [5.74, 6) is 0.841. The fraction of sp³-hybridized carbons (Fsp3) is 0.474. The molecule has 1 amide bonds. The van der Waals surface area contributed by atoms with E-state index < -0.39 is 18.9 Å². The van der Waals surface area contributed by atoms with Crippen molar-refractivity contribution in [2.45, 2.75) is 31.9 Å². The summed E-state index contributed by atoms with van der Waals surface area (Å²) in [6.07, 6.45) is -4.49. The monoisotopic (exact) mass is 423 g/mol. The Kier molecular flexibility index (Phi) is 5.12. The van der Waals surface area contributed by atoms with E-state index in [2.05, 4.69) is 20.0 Å². The van der Waals surface area contributed by atoms with Crippen molar-refractivity contribution >= 4 is 17.0 Å². The Bertz CT molecular complexity index is 1070. The smallest absolute Gasteiger partial charge is 0.422 e. The van der Waals surface area contributed by atoms with Crippen LogP contribution in [0.15, 0.2) is 22.7 Å². The quantitative estimate of drug-likeness (QED) is 0.637. The molecule has 1 aliphatic heterocycles. The van der Waals surface area contributed by atoms with Crippen molar-refractivity contribution in [2.24, 2.45) is 7.05 Å². The van der Waals surface area contributed by atoms with Crippen LogP contribution in [0.2, 0.25) is 0 Å². The predicted molar refractivity (Wildman–Crippen MR) is 99.7 cm³/mol. The van der Waals surface area contributed by atoms with E-state index in [1.807, 2.05) is 32.2 Å². The van der Waals surface area contributed by atoms with Crippen molar-refractivity contribution in [3.05, 3.63) is 29.8 Å². The molecule has 0 aliphatic carbocycles. The van der Waals surface area contributed by atoms with Gasteiger partial charge in [0.05, 0.1) is 11.2 Å². The number of ether oxygens (including phenoxy) is 1. The van der Waals surface area contributed by atoms with Crippen LogP contribution in [0, 0.1) is 6.92 Å². The van der Waals surface area contributed by atoms with Crippen molar-refractivity contribution in [2.75, 3.05) is 19.7 Å². The lowest BCUT2D eigenvalue weighted by Gasteiger charge is -2.29. The van der Waals surface area contributed by atoms with Gasteiger partial charge in [-0.15, -0.1) is 0 Å². The number of fused-ring (bicyclic) bond motifs is 1. The number of rotatable bonds is 3. The number of likely N-dealkylation sites (tertiary alicyclic amines) is 1. The normalized spacial score (nSPS) is 15.7. The number of nitrogens with zero attached hydrogens (tertiary/aromatic N) is 5. The maximum Gasteiger partial charge on any atom is 0.422 e. The van der Waals surface area contributed by atoms with Gasteiger partial charge < -0.3 is 14.2 Å². The lowest BCUT2D eigenvalue weighted by atomic mass is 9.97. The van der Waals surface area contributed by atoms with E-state index >= 15 is 0 Å². The van der Waals surface area contributed by atoms with Gasteiger partial charge in [-0.2, -0.15) is 23.3 Å². The fourth-order valence-electron chi connectivity index (χ4n) is 3.64. The molecule has 160 valence electrons. The molecule has 1 fully saturated rings. The highest BCUT2D eigenvalue weighted by molar-refractivity contribution is 5.85. The first-order valence-corrected chi connectivity index (χ1v) is 9.47. The molecule has 30 heavy (non-hydrogen) atoms. The predicted octanol–water partition coefficient (Wildman–Crippen LogP) is 3.81. The van der Waals surface area contributed by atoms with Crippen LogP contribution in [0.5, 0.6) is 0 Å². The molecule has 0 atom stereocenters. The summed E-state index contributed by atoms with van der Waals surface area (Å²) in [6.45, 7) is 0.887. The molecule has 3 heterocycles. The fourth-order valence-corrected chi connectivity index (χ4v) is 3.64. The molecule has 1 aromatic carbocycles. The first-order valence-electron chi connectivity index (χ1n) is 9.47. The Morgan fingerprint density at radius 3 is 2.73 bits per heavy atom. The number of aromatic nitrogens is 4. The second-order valence-corrected chi connectivity index (χ2v) is 7.33. The highest BCUT2D eigenvalue weighted by Gasteiger charge is 2.33. The van der Waals surface area contributed by atoms with Crippen LogP contribution in [0.4, 0.5) is 18.0 Å². The van der Waals surface area contributed by atoms with Gasteiger partial charge in [0, 0.05) is 37.0 Å². The van der Waals surface area contributed by atoms with Crippen LogP contribution in [0.25, 0.3) is 22.3 Å². The average molecular weight is 423 g/mol. The molecule has 1 aliphatic rings. The van der Waals surface area contributed by atoms with Gasteiger partial charge in [-0.1, -0.05) is 17.3 Å². The van der Waals surface area contributed by atoms with Crippen LogP contribution in [0.3, 0.4) is 0 Å². The van der Waals surface area contributed by atoms with Gasteiger partial charge in [-0.25, -0.2) is 4.79 Å². The standard InChI is InChI=1S/C19H20F3N5O3/c1-11-14-4-3-13(9-15(14)26(2)24-11)16-23-17(30-25-16)12-5-7-27(8-6-12)18(28)29-10-19(20,21)22/h3-4,9,12H,5-8,10H2,1-2H3. The second-order valence-electron chi connectivity index (χ2n) is 7.33. The van der Waals surface area contributed by atoms with E-state index in [1.165, 1.54) is 4.90 Å². The number of hydrogen-bond donors (Lipinski definition) is 0. The number of hydrogen-bond acceptors (Lipinski definition) is 6. The molecule has 0 unspecified atom stereocenters. The van der Waals surface area contributed by atoms with Crippen LogP contribution >= 0.6 is 0 Å². The Morgan fingerprint density at radius 2 is 2.03 bits per heavy atom. The number of amides is 1. The zero-order valence-corrected chi connectivity index (χ0v) is 16.4. The third-order valence-corrected chi connectivity index (χ3v) is 5.20. The molecule has 0 bridgehead atoms. The maximum absolute atomic E-state index is 12.2. The molecule has 3 aromatic rings.